The van der Waals surface area contributed by atoms with Crippen LogP contribution in [0.1, 0.15) is 68.4 Å². The number of aryl methyl sites for hydroxylation is 3. The van der Waals surface area contributed by atoms with Crippen LogP contribution < -0.4 is 10.9 Å². The van der Waals surface area contributed by atoms with Gasteiger partial charge in [-0.3, -0.25) is 20.4 Å². The Kier molecular flexibility index (Phi) is 4.85. The van der Waals surface area contributed by atoms with Crippen molar-refractivity contribution in [3.05, 3.63) is 57.4 Å². The molecule has 7 heteroatoms. The van der Waals surface area contributed by atoms with Crippen LogP contribution in [0.3, 0.4) is 0 Å². The molecule has 1 aliphatic rings. The second kappa shape index (κ2) is 7.31. The molecule has 1 aliphatic carbocycles. The largest absolute Gasteiger partial charge is 0.280 e. The highest BCUT2D eigenvalue weighted by Gasteiger charge is 2.28. The summed E-state index contributed by atoms with van der Waals surface area (Å²) in [5, 5.41) is 0.932. The van der Waals surface area contributed by atoms with Crippen LogP contribution in [0.4, 0.5) is 0 Å². The van der Waals surface area contributed by atoms with Gasteiger partial charge in [0.25, 0.3) is 11.8 Å². The zero-order valence-electron chi connectivity index (χ0n) is 16.1. The van der Waals surface area contributed by atoms with E-state index in [1.165, 1.54) is 11.3 Å². The monoisotopic (exact) mass is 394 g/mol. The molecule has 2 amide bonds. The number of carbonyl (C=O) groups is 2. The number of nitrogens with one attached hydrogen (secondary N) is 2. The molecule has 0 spiro atoms. The zero-order valence-corrected chi connectivity index (χ0v) is 16.9. The number of aromatic nitrogens is 2. The van der Waals surface area contributed by atoms with Gasteiger partial charge in [0.15, 0.2) is 0 Å². The number of carbonyl (C=O) groups excluding carboxylic acids is 2. The second-order valence-electron chi connectivity index (χ2n) is 7.14. The lowest BCUT2D eigenvalue weighted by atomic mass is 10.1. The van der Waals surface area contributed by atoms with Gasteiger partial charge in [0.05, 0.1) is 10.6 Å². The van der Waals surface area contributed by atoms with Crippen LogP contribution in [0.2, 0.25) is 0 Å². The van der Waals surface area contributed by atoms with Crippen molar-refractivity contribution in [2.75, 3.05) is 0 Å². The number of hydrogen-bond donors (Lipinski definition) is 2. The summed E-state index contributed by atoms with van der Waals surface area (Å²) >= 11 is 1.34. The van der Waals surface area contributed by atoms with E-state index >= 15 is 0 Å². The lowest BCUT2D eigenvalue weighted by Crippen LogP contribution is -2.41. The number of hydrazine groups is 1. The lowest BCUT2D eigenvalue weighted by molar-refractivity contribution is 0.0848. The van der Waals surface area contributed by atoms with Crippen LogP contribution in [0.25, 0.3) is 10.2 Å². The first-order chi connectivity index (χ1) is 13.5. The predicted octanol–water partition coefficient (Wildman–Crippen LogP) is 3.82. The maximum absolute atomic E-state index is 12.7. The van der Waals surface area contributed by atoms with Crippen molar-refractivity contribution in [3.8, 4) is 0 Å². The predicted molar refractivity (Wildman–Crippen MR) is 110 cm³/mol. The third kappa shape index (κ3) is 3.49. The second-order valence-corrected chi connectivity index (χ2v) is 8.14. The van der Waals surface area contributed by atoms with Gasteiger partial charge < -0.3 is 0 Å². The smallest absolute Gasteiger partial charge is 0.267 e. The van der Waals surface area contributed by atoms with E-state index in [0.29, 0.717) is 16.4 Å². The van der Waals surface area contributed by atoms with Crippen LogP contribution >= 0.6 is 11.3 Å². The van der Waals surface area contributed by atoms with Gasteiger partial charge in [-0.2, -0.15) is 0 Å². The molecule has 0 radical (unpaired) electrons. The third-order valence-electron chi connectivity index (χ3n) is 5.05. The summed E-state index contributed by atoms with van der Waals surface area (Å²) in [5.41, 5.74) is 8.42. The molecule has 0 bridgehead atoms. The van der Waals surface area contributed by atoms with Crippen LogP contribution in [0.15, 0.2) is 24.3 Å². The highest BCUT2D eigenvalue weighted by molar-refractivity contribution is 7.20. The molecule has 2 heterocycles. The van der Waals surface area contributed by atoms with Crippen molar-refractivity contribution in [2.24, 2.45) is 0 Å². The van der Waals surface area contributed by atoms with E-state index in [2.05, 4.69) is 27.7 Å². The molecule has 0 aliphatic heterocycles. The Balaban J connectivity index is 1.51. The Morgan fingerprint density at radius 2 is 1.75 bits per heavy atom. The molecular weight excluding hydrogens is 372 g/mol. The summed E-state index contributed by atoms with van der Waals surface area (Å²) in [6, 6.07) is 7.32. The van der Waals surface area contributed by atoms with Gasteiger partial charge in [0.1, 0.15) is 10.7 Å². The van der Waals surface area contributed by atoms with E-state index in [4.69, 9.17) is 0 Å². The number of fused-ring (bicyclic) bond motifs is 1. The van der Waals surface area contributed by atoms with Crippen molar-refractivity contribution >= 4 is 33.4 Å². The van der Waals surface area contributed by atoms with E-state index in [1.807, 2.05) is 26.0 Å². The number of benzene rings is 1. The van der Waals surface area contributed by atoms with Gasteiger partial charge in [0.2, 0.25) is 0 Å². The Labute approximate surface area is 167 Å². The van der Waals surface area contributed by atoms with Crippen molar-refractivity contribution < 1.29 is 9.59 Å². The number of rotatable bonds is 4. The van der Waals surface area contributed by atoms with Gasteiger partial charge in [-0.25, -0.2) is 9.97 Å². The standard InChI is InChI=1S/C21H22N4O2S/c1-4-13-5-7-15(8-6-13)19(26)24-25-20(27)17-11(2)16-12(3)22-18(14-9-10-14)23-21(16)28-17/h5-8,14H,4,9-10H2,1-3H3,(H,24,26)(H,25,27). The minimum atomic E-state index is -0.346. The topological polar surface area (TPSA) is 84.0 Å². The van der Waals surface area contributed by atoms with Gasteiger partial charge in [0, 0.05) is 16.9 Å². The first-order valence-corrected chi connectivity index (χ1v) is 10.3. The third-order valence-corrected chi connectivity index (χ3v) is 6.24. The molecule has 1 saturated carbocycles. The molecular formula is C21H22N4O2S. The van der Waals surface area contributed by atoms with Crippen LogP contribution in [-0.4, -0.2) is 21.8 Å². The van der Waals surface area contributed by atoms with E-state index in [-0.39, 0.29) is 11.8 Å². The summed E-state index contributed by atoms with van der Waals surface area (Å²) in [7, 11) is 0. The van der Waals surface area contributed by atoms with E-state index in [0.717, 1.165) is 52.1 Å². The Bertz CT molecular complexity index is 1070. The van der Waals surface area contributed by atoms with E-state index < -0.39 is 0 Å². The minimum absolute atomic E-state index is 0.341. The molecule has 1 aromatic carbocycles. The van der Waals surface area contributed by atoms with Crippen molar-refractivity contribution in [2.45, 2.75) is 46.0 Å². The average molecular weight is 395 g/mol. The van der Waals surface area contributed by atoms with Gasteiger partial charge >= 0.3 is 0 Å². The molecule has 144 valence electrons. The fraction of sp³-hybridized carbons (Fsp3) is 0.333. The Hall–Kier alpha value is -2.80. The Morgan fingerprint density at radius 3 is 2.39 bits per heavy atom. The van der Waals surface area contributed by atoms with Gasteiger partial charge in [-0.15, -0.1) is 11.3 Å². The zero-order chi connectivity index (χ0) is 19.8. The number of nitrogens with zero attached hydrogens (tertiary/aromatic N) is 2. The summed E-state index contributed by atoms with van der Waals surface area (Å²) in [5.74, 6) is 0.649. The molecule has 28 heavy (non-hydrogen) atoms. The van der Waals surface area contributed by atoms with Gasteiger partial charge in [-0.1, -0.05) is 19.1 Å². The summed E-state index contributed by atoms with van der Waals surface area (Å²) in [6.07, 6.45) is 3.18. The molecule has 1 fully saturated rings. The molecule has 0 unspecified atom stereocenters. The lowest BCUT2D eigenvalue weighted by Gasteiger charge is -2.07. The first-order valence-electron chi connectivity index (χ1n) is 9.45. The highest BCUT2D eigenvalue weighted by atomic mass is 32.1. The number of thiophene rings is 1. The molecule has 0 saturated heterocycles. The first kappa shape index (κ1) is 18.6. The summed E-state index contributed by atoms with van der Waals surface area (Å²) < 4.78 is 0. The van der Waals surface area contributed by atoms with E-state index in [1.54, 1.807) is 12.1 Å². The molecule has 0 atom stereocenters. The van der Waals surface area contributed by atoms with Crippen molar-refractivity contribution in [3.63, 3.8) is 0 Å². The SMILES string of the molecule is CCc1ccc(C(=O)NNC(=O)c2sc3nc(C4CC4)nc(C)c3c2C)cc1. The fourth-order valence-corrected chi connectivity index (χ4v) is 4.37. The number of amides is 2. The number of hydrogen-bond acceptors (Lipinski definition) is 5. The summed E-state index contributed by atoms with van der Waals surface area (Å²) in [4.78, 5) is 35.6. The minimum Gasteiger partial charge on any atom is -0.267 e. The van der Waals surface area contributed by atoms with E-state index in [9.17, 15) is 9.59 Å². The molecule has 6 nitrogen and oxygen atoms in total. The Morgan fingerprint density at radius 1 is 1.07 bits per heavy atom. The molecule has 2 N–H and O–H groups in total. The molecule has 2 aromatic heterocycles. The van der Waals surface area contributed by atoms with Crippen LogP contribution in [-0.2, 0) is 6.42 Å². The summed E-state index contributed by atoms with van der Waals surface area (Å²) in [6.45, 7) is 5.91. The van der Waals surface area contributed by atoms with Gasteiger partial charge in [-0.05, 0) is 56.4 Å². The maximum Gasteiger partial charge on any atom is 0.280 e. The van der Waals surface area contributed by atoms with Crippen LogP contribution in [0, 0.1) is 13.8 Å². The average Bonchev–Trinajstić information content (AvgIpc) is 3.49. The maximum atomic E-state index is 12.7. The van der Waals surface area contributed by atoms with Crippen LogP contribution in [0.5, 0.6) is 0 Å². The van der Waals surface area contributed by atoms with Crippen molar-refractivity contribution in [1.82, 2.24) is 20.8 Å². The van der Waals surface area contributed by atoms with Crippen molar-refractivity contribution in [1.29, 1.82) is 0 Å². The quantitative estimate of drug-likeness (QED) is 0.659. The fourth-order valence-electron chi connectivity index (χ4n) is 3.23. The molecule has 4 rings (SSSR count). The molecule has 3 aromatic rings. The highest BCUT2D eigenvalue weighted by Crippen LogP contribution is 2.40. The normalized spacial score (nSPS) is 13.5.